The molecule has 104 valence electrons. The summed E-state index contributed by atoms with van der Waals surface area (Å²) >= 11 is 0. The minimum atomic E-state index is -0.512. The summed E-state index contributed by atoms with van der Waals surface area (Å²) < 4.78 is 5.68. The minimum absolute atomic E-state index is 0.181. The summed E-state index contributed by atoms with van der Waals surface area (Å²) in [5.74, 6) is 0.668. The SMILES string of the molecule is CC1(C)COC(C(C)(C)C(O)Cc2ccccc2)=N1. The molecule has 0 aliphatic carbocycles. The summed E-state index contributed by atoms with van der Waals surface area (Å²) in [7, 11) is 0. The van der Waals surface area contributed by atoms with Crippen molar-refractivity contribution in [2.45, 2.75) is 45.8 Å². The average molecular weight is 261 g/mol. The Bertz CT molecular complexity index is 463. The lowest BCUT2D eigenvalue weighted by Crippen LogP contribution is -2.38. The minimum Gasteiger partial charge on any atom is -0.478 e. The Morgan fingerprint density at radius 2 is 1.95 bits per heavy atom. The van der Waals surface area contributed by atoms with E-state index >= 15 is 0 Å². The maximum Gasteiger partial charge on any atom is 0.192 e. The lowest BCUT2D eigenvalue weighted by molar-refractivity contribution is 0.0784. The van der Waals surface area contributed by atoms with E-state index in [2.05, 4.69) is 4.99 Å². The standard InChI is InChI=1S/C16H23NO2/c1-15(2)11-19-14(17-15)16(3,4)13(18)10-12-8-6-5-7-9-12/h5-9,13,18H,10-11H2,1-4H3. The topological polar surface area (TPSA) is 41.8 Å². The summed E-state index contributed by atoms with van der Waals surface area (Å²) in [4.78, 5) is 4.59. The number of aliphatic hydroxyl groups excluding tert-OH is 1. The first-order chi connectivity index (χ1) is 8.81. The molecule has 0 fully saturated rings. The van der Waals surface area contributed by atoms with Gasteiger partial charge in [0.1, 0.15) is 6.61 Å². The molecule has 0 spiro atoms. The molecule has 19 heavy (non-hydrogen) atoms. The van der Waals surface area contributed by atoms with Crippen molar-refractivity contribution in [3.63, 3.8) is 0 Å². The second-order valence-corrected chi connectivity index (χ2v) is 6.45. The number of rotatable bonds is 4. The smallest absolute Gasteiger partial charge is 0.192 e. The Morgan fingerprint density at radius 1 is 1.32 bits per heavy atom. The fourth-order valence-corrected chi connectivity index (χ4v) is 2.15. The molecule has 1 atom stereocenters. The number of hydrogen-bond acceptors (Lipinski definition) is 3. The Labute approximate surface area is 115 Å². The quantitative estimate of drug-likeness (QED) is 0.905. The molecule has 1 aliphatic rings. The fourth-order valence-electron chi connectivity index (χ4n) is 2.15. The van der Waals surface area contributed by atoms with Crippen molar-refractivity contribution >= 4 is 5.90 Å². The summed E-state index contributed by atoms with van der Waals surface area (Å²) in [6.07, 6.45) is 0.0963. The zero-order chi connectivity index (χ0) is 14.1. The van der Waals surface area contributed by atoms with Crippen LogP contribution in [0.25, 0.3) is 0 Å². The highest BCUT2D eigenvalue weighted by Crippen LogP contribution is 2.32. The van der Waals surface area contributed by atoms with E-state index < -0.39 is 11.5 Å². The molecule has 1 aromatic carbocycles. The third kappa shape index (κ3) is 3.16. The second kappa shape index (κ2) is 4.97. The van der Waals surface area contributed by atoms with E-state index in [0.29, 0.717) is 18.9 Å². The van der Waals surface area contributed by atoms with Crippen molar-refractivity contribution < 1.29 is 9.84 Å². The van der Waals surface area contributed by atoms with E-state index in [1.165, 1.54) is 0 Å². The Kier molecular flexibility index (Phi) is 3.68. The number of ether oxygens (including phenoxy) is 1. The number of hydrogen-bond donors (Lipinski definition) is 1. The molecule has 3 nitrogen and oxygen atoms in total. The van der Waals surface area contributed by atoms with Crippen LogP contribution in [0.15, 0.2) is 35.3 Å². The summed E-state index contributed by atoms with van der Waals surface area (Å²) in [5.41, 5.74) is 0.476. The third-order valence-corrected chi connectivity index (χ3v) is 3.62. The number of aliphatic imine (C=N–C) groups is 1. The van der Waals surface area contributed by atoms with Crippen LogP contribution in [0.2, 0.25) is 0 Å². The second-order valence-electron chi connectivity index (χ2n) is 6.45. The fraction of sp³-hybridized carbons (Fsp3) is 0.562. The van der Waals surface area contributed by atoms with Gasteiger partial charge in [0.05, 0.1) is 17.1 Å². The van der Waals surface area contributed by atoms with Crippen LogP contribution < -0.4 is 0 Å². The van der Waals surface area contributed by atoms with Gasteiger partial charge >= 0.3 is 0 Å². The number of benzene rings is 1. The first kappa shape index (κ1) is 14.1. The molecule has 0 saturated heterocycles. The molecule has 1 N–H and O–H groups in total. The molecule has 2 rings (SSSR count). The highest BCUT2D eigenvalue weighted by molar-refractivity contribution is 5.84. The van der Waals surface area contributed by atoms with Gasteiger partial charge in [-0.25, -0.2) is 4.99 Å². The van der Waals surface area contributed by atoms with Gasteiger partial charge in [-0.05, 0) is 39.7 Å². The zero-order valence-electron chi connectivity index (χ0n) is 12.2. The molecule has 0 bridgehead atoms. The predicted molar refractivity (Wildman–Crippen MR) is 77.4 cm³/mol. The summed E-state index contributed by atoms with van der Waals surface area (Å²) in [6, 6.07) is 10.0. The van der Waals surface area contributed by atoms with Crippen LogP contribution in [0, 0.1) is 5.41 Å². The summed E-state index contributed by atoms with van der Waals surface area (Å²) in [5, 5.41) is 10.5. The average Bonchev–Trinajstić information content (AvgIpc) is 2.71. The van der Waals surface area contributed by atoms with E-state index in [-0.39, 0.29) is 5.54 Å². The van der Waals surface area contributed by atoms with Gasteiger partial charge in [0.15, 0.2) is 5.90 Å². The zero-order valence-corrected chi connectivity index (χ0v) is 12.2. The number of aliphatic hydroxyl groups is 1. The van der Waals surface area contributed by atoms with E-state index in [0.717, 1.165) is 5.56 Å². The predicted octanol–water partition coefficient (Wildman–Crippen LogP) is 2.82. The van der Waals surface area contributed by atoms with Crippen molar-refractivity contribution in [1.29, 1.82) is 0 Å². The molecular formula is C16H23NO2. The van der Waals surface area contributed by atoms with Gasteiger partial charge in [0.25, 0.3) is 0 Å². The summed E-state index contributed by atoms with van der Waals surface area (Å²) in [6.45, 7) is 8.64. The lowest BCUT2D eigenvalue weighted by Gasteiger charge is -2.29. The van der Waals surface area contributed by atoms with Crippen molar-refractivity contribution in [3.8, 4) is 0 Å². The maximum atomic E-state index is 10.5. The van der Waals surface area contributed by atoms with Crippen molar-refractivity contribution in [2.24, 2.45) is 10.4 Å². The number of nitrogens with zero attached hydrogens (tertiary/aromatic N) is 1. The Balaban J connectivity index is 2.12. The normalized spacial score (nSPS) is 19.7. The molecule has 0 aromatic heterocycles. The van der Waals surface area contributed by atoms with E-state index in [9.17, 15) is 5.11 Å². The molecule has 1 aromatic rings. The van der Waals surface area contributed by atoms with Crippen molar-refractivity contribution in [1.82, 2.24) is 0 Å². The van der Waals surface area contributed by atoms with Gasteiger partial charge in [0, 0.05) is 0 Å². The van der Waals surface area contributed by atoms with Crippen LogP contribution in [0.3, 0.4) is 0 Å². The highest BCUT2D eigenvalue weighted by atomic mass is 16.5. The molecule has 1 aliphatic heterocycles. The third-order valence-electron chi connectivity index (χ3n) is 3.62. The lowest BCUT2D eigenvalue weighted by atomic mass is 9.83. The van der Waals surface area contributed by atoms with Gasteiger partial charge in [-0.3, -0.25) is 0 Å². The van der Waals surface area contributed by atoms with Crippen molar-refractivity contribution in [3.05, 3.63) is 35.9 Å². The van der Waals surface area contributed by atoms with Gasteiger partial charge in [-0.2, -0.15) is 0 Å². The van der Waals surface area contributed by atoms with Gasteiger partial charge in [-0.1, -0.05) is 30.3 Å². The highest BCUT2D eigenvalue weighted by Gasteiger charge is 2.40. The maximum absolute atomic E-state index is 10.5. The first-order valence-corrected chi connectivity index (χ1v) is 6.76. The molecule has 0 saturated carbocycles. The molecular weight excluding hydrogens is 238 g/mol. The van der Waals surface area contributed by atoms with Crippen LogP contribution >= 0.6 is 0 Å². The van der Waals surface area contributed by atoms with Crippen LogP contribution in [0.5, 0.6) is 0 Å². The van der Waals surface area contributed by atoms with Crippen LogP contribution in [0.4, 0.5) is 0 Å². The van der Waals surface area contributed by atoms with Gasteiger partial charge in [-0.15, -0.1) is 0 Å². The van der Waals surface area contributed by atoms with E-state index in [1.54, 1.807) is 0 Å². The largest absolute Gasteiger partial charge is 0.478 e. The van der Waals surface area contributed by atoms with Crippen LogP contribution in [-0.2, 0) is 11.2 Å². The van der Waals surface area contributed by atoms with Crippen LogP contribution in [0.1, 0.15) is 33.3 Å². The van der Waals surface area contributed by atoms with E-state index in [1.807, 2.05) is 58.0 Å². The molecule has 1 heterocycles. The molecule has 1 unspecified atom stereocenters. The first-order valence-electron chi connectivity index (χ1n) is 6.76. The monoisotopic (exact) mass is 261 g/mol. The van der Waals surface area contributed by atoms with Gasteiger partial charge < -0.3 is 9.84 Å². The molecule has 0 radical (unpaired) electrons. The Morgan fingerprint density at radius 3 is 2.47 bits per heavy atom. The molecule has 3 heteroatoms. The molecule has 0 amide bonds. The van der Waals surface area contributed by atoms with Gasteiger partial charge in [0.2, 0.25) is 0 Å². The Hall–Kier alpha value is -1.35. The van der Waals surface area contributed by atoms with Crippen LogP contribution in [-0.4, -0.2) is 29.3 Å². The van der Waals surface area contributed by atoms with Crippen molar-refractivity contribution in [2.75, 3.05) is 6.61 Å². The van der Waals surface area contributed by atoms with E-state index in [4.69, 9.17) is 4.74 Å².